The van der Waals surface area contributed by atoms with Crippen molar-refractivity contribution in [3.8, 4) is 0 Å². The number of benzene rings is 3. The lowest BCUT2D eigenvalue weighted by Gasteiger charge is -2.36. The van der Waals surface area contributed by atoms with E-state index in [1.54, 1.807) is 4.90 Å². The zero-order chi connectivity index (χ0) is 32.1. The number of amides is 2. The molecule has 8 nitrogen and oxygen atoms in total. The predicted molar refractivity (Wildman–Crippen MR) is 175 cm³/mol. The number of nitrogens with zero attached hydrogens (tertiary/aromatic N) is 1. The van der Waals surface area contributed by atoms with Gasteiger partial charge in [0.1, 0.15) is 6.61 Å². The number of allylic oxidation sites excluding steroid dienone is 2. The van der Waals surface area contributed by atoms with E-state index in [9.17, 15) is 19.5 Å². The normalized spacial score (nSPS) is 22.4. The fraction of sp³-hybridized carbons (Fsp3) is 0.395. The summed E-state index contributed by atoms with van der Waals surface area (Å²) in [7, 11) is 0. The highest BCUT2D eigenvalue weighted by Crippen LogP contribution is 2.26. The summed E-state index contributed by atoms with van der Waals surface area (Å²) in [5.74, 6) is -1.72. The Hall–Kier alpha value is -4.27. The van der Waals surface area contributed by atoms with E-state index in [1.807, 2.05) is 97.1 Å². The first-order valence-corrected chi connectivity index (χ1v) is 16.2. The van der Waals surface area contributed by atoms with Crippen molar-refractivity contribution in [3.63, 3.8) is 0 Å². The molecule has 2 N–H and O–H groups in total. The van der Waals surface area contributed by atoms with Gasteiger partial charge in [-0.05, 0) is 54.4 Å². The van der Waals surface area contributed by atoms with Crippen LogP contribution in [-0.2, 0) is 49.9 Å². The summed E-state index contributed by atoms with van der Waals surface area (Å²) in [6, 6.07) is 26.6. The molecular weight excluding hydrogens is 580 g/mol. The topological polar surface area (TPSA) is 105 Å². The molecule has 0 saturated heterocycles. The number of aliphatic hydroxyl groups is 1. The Bertz CT molecular complexity index is 1460. The van der Waals surface area contributed by atoms with Crippen LogP contribution < -0.4 is 5.32 Å². The van der Waals surface area contributed by atoms with Crippen molar-refractivity contribution in [3.05, 3.63) is 119 Å². The van der Waals surface area contributed by atoms with E-state index in [4.69, 9.17) is 9.47 Å². The number of rotatable bonds is 9. The summed E-state index contributed by atoms with van der Waals surface area (Å²) in [6.07, 6.45) is 6.70. The van der Waals surface area contributed by atoms with Gasteiger partial charge < -0.3 is 24.8 Å². The van der Waals surface area contributed by atoms with Crippen molar-refractivity contribution >= 4 is 17.8 Å². The molecule has 46 heavy (non-hydrogen) atoms. The minimum absolute atomic E-state index is 0.00283. The Morgan fingerprint density at radius 3 is 2.33 bits per heavy atom. The van der Waals surface area contributed by atoms with Gasteiger partial charge in [0, 0.05) is 13.0 Å². The number of nitrogens with one attached hydrogen (secondary N) is 1. The lowest BCUT2D eigenvalue weighted by atomic mass is 9.92. The van der Waals surface area contributed by atoms with E-state index in [0.717, 1.165) is 22.3 Å². The van der Waals surface area contributed by atoms with Crippen LogP contribution in [0.25, 0.3) is 0 Å². The van der Waals surface area contributed by atoms with Crippen molar-refractivity contribution in [1.29, 1.82) is 0 Å². The summed E-state index contributed by atoms with van der Waals surface area (Å²) in [5, 5.41) is 13.2. The molecule has 0 aliphatic carbocycles. The van der Waals surface area contributed by atoms with Gasteiger partial charge in [-0.25, -0.2) is 0 Å². The van der Waals surface area contributed by atoms with Gasteiger partial charge in [-0.3, -0.25) is 14.4 Å². The summed E-state index contributed by atoms with van der Waals surface area (Å²) in [6.45, 7) is 0.714. The molecule has 0 bridgehead atoms. The third kappa shape index (κ3) is 9.37. The Morgan fingerprint density at radius 2 is 1.59 bits per heavy atom. The number of cyclic esters (lactones) is 1. The molecule has 242 valence electrons. The lowest BCUT2D eigenvalue weighted by molar-refractivity contribution is -0.150. The van der Waals surface area contributed by atoms with Gasteiger partial charge in [0.25, 0.3) is 0 Å². The molecule has 2 aliphatic heterocycles. The number of carbonyl (C=O) groups is 3. The molecule has 0 saturated carbocycles. The van der Waals surface area contributed by atoms with Gasteiger partial charge in [0.05, 0.1) is 43.7 Å². The van der Waals surface area contributed by atoms with E-state index in [-0.39, 0.29) is 56.0 Å². The average molecular weight is 625 g/mol. The van der Waals surface area contributed by atoms with Gasteiger partial charge in [-0.2, -0.15) is 0 Å². The number of esters is 1. The molecule has 0 unspecified atom stereocenters. The minimum Gasteiger partial charge on any atom is -0.463 e. The zero-order valence-corrected chi connectivity index (χ0v) is 26.3. The molecule has 0 spiro atoms. The van der Waals surface area contributed by atoms with Crippen LogP contribution in [0.4, 0.5) is 0 Å². The SMILES string of the molecule is O=C1N[C@@H](COCc2ccccc2)COC(=O)[C@@H](Cc2ccccc2)CCC=CC[C@@H]1CC(=O)N1Cc2ccccc2C[C@H]1CO. The van der Waals surface area contributed by atoms with Crippen LogP contribution in [0.1, 0.15) is 47.9 Å². The quantitative estimate of drug-likeness (QED) is 0.262. The number of fused-ring (bicyclic) bond motifs is 1. The van der Waals surface area contributed by atoms with E-state index >= 15 is 0 Å². The van der Waals surface area contributed by atoms with Gasteiger partial charge in [-0.1, -0.05) is 97.1 Å². The number of carbonyl (C=O) groups excluding carboxylic acids is 3. The van der Waals surface area contributed by atoms with Crippen LogP contribution in [0.2, 0.25) is 0 Å². The van der Waals surface area contributed by atoms with E-state index in [0.29, 0.717) is 45.3 Å². The molecular formula is C38H44N2O6. The molecule has 4 atom stereocenters. The second-order valence-corrected chi connectivity index (χ2v) is 12.2. The smallest absolute Gasteiger partial charge is 0.309 e. The second-order valence-electron chi connectivity index (χ2n) is 12.2. The van der Waals surface area contributed by atoms with Crippen LogP contribution in [0.5, 0.6) is 0 Å². The summed E-state index contributed by atoms with van der Waals surface area (Å²) < 4.78 is 11.8. The first-order valence-electron chi connectivity index (χ1n) is 16.2. The van der Waals surface area contributed by atoms with Crippen LogP contribution in [0.3, 0.4) is 0 Å². The summed E-state index contributed by atoms with van der Waals surface area (Å²) >= 11 is 0. The highest BCUT2D eigenvalue weighted by molar-refractivity contribution is 5.86. The molecule has 0 fully saturated rings. The largest absolute Gasteiger partial charge is 0.463 e. The number of ether oxygens (including phenoxy) is 2. The minimum atomic E-state index is -0.631. The monoisotopic (exact) mass is 624 g/mol. The zero-order valence-electron chi connectivity index (χ0n) is 26.3. The van der Waals surface area contributed by atoms with E-state index < -0.39 is 12.0 Å². The third-order valence-corrected chi connectivity index (χ3v) is 8.81. The maximum absolute atomic E-state index is 13.8. The van der Waals surface area contributed by atoms with Gasteiger partial charge in [0.15, 0.2) is 0 Å². The Kier molecular flexibility index (Phi) is 12.1. The molecule has 8 heteroatoms. The van der Waals surface area contributed by atoms with Crippen LogP contribution in [0.15, 0.2) is 97.1 Å². The molecule has 3 aromatic rings. The van der Waals surface area contributed by atoms with E-state index in [1.165, 1.54) is 0 Å². The maximum Gasteiger partial charge on any atom is 0.309 e. The Balaban J connectivity index is 1.30. The maximum atomic E-state index is 13.8. The van der Waals surface area contributed by atoms with Crippen LogP contribution in [-0.4, -0.2) is 59.7 Å². The van der Waals surface area contributed by atoms with Crippen LogP contribution in [0, 0.1) is 11.8 Å². The van der Waals surface area contributed by atoms with Crippen molar-refractivity contribution < 1.29 is 29.0 Å². The van der Waals surface area contributed by atoms with Gasteiger partial charge >= 0.3 is 5.97 Å². The van der Waals surface area contributed by atoms with Crippen molar-refractivity contribution in [2.45, 2.75) is 63.8 Å². The molecule has 2 heterocycles. The fourth-order valence-corrected chi connectivity index (χ4v) is 6.18. The third-order valence-electron chi connectivity index (χ3n) is 8.81. The average Bonchev–Trinajstić information content (AvgIpc) is 3.09. The molecule has 5 rings (SSSR count). The molecule has 0 radical (unpaired) electrons. The Labute approximate surface area is 271 Å². The summed E-state index contributed by atoms with van der Waals surface area (Å²) in [5.41, 5.74) is 4.25. The molecule has 0 aromatic heterocycles. The Morgan fingerprint density at radius 1 is 0.891 bits per heavy atom. The molecule has 2 aliphatic rings. The highest BCUT2D eigenvalue weighted by atomic mass is 16.5. The number of hydrogen-bond acceptors (Lipinski definition) is 6. The molecule has 3 aromatic carbocycles. The van der Waals surface area contributed by atoms with Crippen molar-refractivity contribution in [1.82, 2.24) is 10.2 Å². The standard InChI is InChI=1S/C38H44N2O6/c41-24-35-21-30-16-10-11-19-33(30)23-40(35)36(42)22-31-17-8-3-9-18-32(20-28-12-4-1-5-13-28)38(44)46-27-34(39-37(31)43)26-45-25-29-14-6-2-7-15-29/h1-8,10-16,19,31-32,34-35,41H,9,17-18,20-27H2,(H,39,43)/t31-,32-,34+,35+/m1/s1. The van der Waals surface area contributed by atoms with Crippen LogP contribution >= 0.6 is 0 Å². The first-order chi connectivity index (χ1) is 22.5. The lowest BCUT2D eigenvalue weighted by Crippen LogP contribution is -2.49. The molecule has 2 amide bonds. The second kappa shape index (κ2) is 16.9. The predicted octanol–water partition coefficient (Wildman–Crippen LogP) is 4.78. The van der Waals surface area contributed by atoms with E-state index in [2.05, 4.69) is 5.32 Å². The number of hydrogen-bond donors (Lipinski definition) is 2. The fourth-order valence-electron chi connectivity index (χ4n) is 6.18. The highest BCUT2D eigenvalue weighted by Gasteiger charge is 2.33. The van der Waals surface area contributed by atoms with Crippen molar-refractivity contribution in [2.24, 2.45) is 11.8 Å². The number of aliphatic hydroxyl groups excluding tert-OH is 1. The first kappa shape index (κ1) is 33.1. The van der Waals surface area contributed by atoms with Gasteiger partial charge in [0.2, 0.25) is 11.8 Å². The summed E-state index contributed by atoms with van der Waals surface area (Å²) in [4.78, 5) is 42.5. The van der Waals surface area contributed by atoms with Gasteiger partial charge in [-0.15, -0.1) is 0 Å². The van der Waals surface area contributed by atoms with Crippen molar-refractivity contribution in [2.75, 3.05) is 19.8 Å².